The minimum atomic E-state index is -1.33. The van der Waals surface area contributed by atoms with Crippen LogP contribution in [0.2, 0.25) is 0 Å². The molecule has 1 unspecified atom stereocenters. The molecule has 5 heteroatoms. The summed E-state index contributed by atoms with van der Waals surface area (Å²) in [6.07, 6.45) is 5.37. The van der Waals surface area contributed by atoms with E-state index in [4.69, 9.17) is 4.74 Å². The number of allylic oxidation sites excluding steroid dienone is 11. The Kier molecular flexibility index (Phi) is 12.8. The van der Waals surface area contributed by atoms with Crippen molar-refractivity contribution in [3.63, 3.8) is 0 Å². The van der Waals surface area contributed by atoms with Gasteiger partial charge in [0.05, 0.1) is 0 Å². The minimum absolute atomic E-state index is 0.0165. The molecule has 0 aromatic rings. The van der Waals surface area contributed by atoms with Crippen LogP contribution in [-0.4, -0.2) is 6.61 Å². The third kappa shape index (κ3) is 9.52. The highest BCUT2D eigenvalue weighted by Crippen LogP contribution is 2.32. The number of halogens is 4. The Morgan fingerprint density at radius 3 is 1.61 bits per heavy atom. The fourth-order valence-electron chi connectivity index (χ4n) is 2.41. The Bertz CT molecular complexity index is 926. The second-order valence-corrected chi connectivity index (χ2v) is 8.02. The average molecular weight is 463 g/mol. The lowest BCUT2D eigenvalue weighted by molar-refractivity contribution is 0.241. The molecular weight excluding hydrogens is 428 g/mol. The number of hydrogen-bond donors (Lipinski definition) is 0. The van der Waals surface area contributed by atoms with Crippen molar-refractivity contribution < 1.29 is 22.3 Å². The van der Waals surface area contributed by atoms with Crippen LogP contribution in [-0.2, 0) is 4.74 Å². The lowest BCUT2D eigenvalue weighted by Gasteiger charge is -2.16. The number of rotatable bonds is 15. The molecule has 0 aliphatic carbocycles. The largest absolute Gasteiger partial charge is 0.487 e. The van der Waals surface area contributed by atoms with E-state index in [9.17, 15) is 17.6 Å². The number of ether oxygens (including phenoxy) is 1. The van der Waals surface area contributed by atoms with E-state index in [2.05, 4.69) is 46.1 Å². The minimum Gasteiger partial charge on any atom is -0.487 e. The van der Waals surface area contributed by atoms with Crippen molar-refractivity contribution in [3.05, 3.63) is 121 Å². The molecule has 0 saturated heterocycles. The summed E-state index contributed by atoms with van der Waals surface area (Å²) in [4.78, 5) is 0. The molecule has 0 saturated carbocycles. The molecule has 0 aliphatic rings. The van der Waals surface area contributed by atoms with Gasteiger partial charge >= 0.3 is 0 Å². The Morgan fingerprint density at radius 2 is 1.18 bits per heavy atom. The first-order chi connectivity index (χ1) is 15.3. The van der Waals surface area contributed by atoms with Gasteiger partial charge in [-0.3, -0.25) is 0 Å². The second kappa shape index (κ2) is 14.1. The van der Waals surface area contributed by atoms with Crippen LogP contribution in [0, 0.1) is 11.8 Å². The monoisotopic (exact) mass is 462 g/mol. The van der Waals surface area contributed by atoms with E-state index >= 15 is 0 Å². The topological polar surface area (TPSA) is 9.23 Å². The van der Waals surface area contributed by atoms with Crippen LogP contribution in [0.15, 0.2) is 121 Å². The Hall–Kier alpha value is -3.08. The summed E-state index contributed by atoms with van der Waals surface area (Å²) in [5.74, 6) is -5.23. The van der Waals surface area contributed by atoms with Crippen molar-refractivity contribution >= 4 is 0 Å². The molecule has 0 spiro atoms. The third-order valence-electron chi connectivity index (χ3n) is 4.85. The molecule has 0 bridgehead atoms. The van der Waals surface area contributed by atoms with E-state index in [1.165, 1.54) is 18.2 Å². The zero-order valence-electron chi connectivity index (χ0n) is 19.9. The molecule has 0 aliphatic heterocycles. The lowest BCUT2D eigenvalue weighted by atomic mass is 9.92. The van der Waals surface area contributed by atoms with Crippen LogP contribution in [0.25, 0.3) is 0 Å². The first-order valence-electron chi connectivity index (χ1n) is 10.4. The SMILES string of the molecule is C=CCOC(=C)/C(F)=C(/F)C(=C)C(=C)/C=C\C(=C)C(=C)/C(F)=C(/F)C(=C)C(C)CCC(C)C. The van der Waals surface area contributed by atoms with Crippen LogP contribution in [0.4, 0.5) is 17.6 Å². The second-order valence-electron chi connectivity index (χ2n) is 8.02. The summed E-state index contributed by atoms with van der Waals surface area (Å²) < 4.78 is 62.4. The van der Waals surface area contributed by atoms with Gasteiger partial charge < -0.3 is 4.74 Å². The molecule has 33 heavy (non-hydrogen) atoms. The van der Waals surface area contributed by atoms with Crippen LogP contribution in [0.3, 0.4) is 0 Å². The van der Waals surface area contributed by atoms with Crippen molar-refractivity contribution in [1.29, 1.82) is 0 Å². The van der Waals surface area contributed by atoms with Gasteiger partial charge in [0.1, 0.15) is 6.61 Å². The van der Waals surface area contributed by atoms with Crippen molar-refractivity contribution in [2.75, 3.05) is 6.61 Å². The standard InChI is InChI=1S/C28H34F4O/c1-11-16-33-24(10)28(32)27(31)23(9)20(6)15-14-19(5)22(8)26(30)25(29)21(7)18(4)13-12-17(2)3/h11,14-15,17-18H,1,5-10,12-13,16H2,2-4H3/b15-14-,26-25-,28-27-. The van der Waals surface area contributed by atoms with Crippen molar-refractivity contribution in [3.8, 4) is 0 Å². The smallest absolute Gasteiger partial charge is 0.200 e. The molecule has 0 fully saturated rings. The first kappa shape index (κ1) is 29.9. The summed E-state index contributed by atoms with van der Waals surface area (Å²) in [5.41, 5.74) is -0.634. The molecule has 1 atom stereocenters. The van der Waals surface area contributed by atoms with Crippen LogP contribution in [0.5, 0.6) is 0 Å². The van der Waals surface area contributed by atoms with Crippen LogP contribution < -0.4 is 0 Å². The van der Waals surface area contributed by atoms with Crippen molar-refractivity contribution in [1.82, 2.24) is 0 Å². The molecule has 0 N–H and O–H groups in total. The van der Waals surface area contributed by atoms with E-state index in [0.29, 0.717) is 12.3 Å². The highest BCUT2D eigenvalue weighted by atomic mass is 19.2. The van der Waals surface area contributed by atoms with Gasteiger partial charge in [-0.05, 0) is 35.0 Å². The molecule has 0 aromatic heterocycles. The van der Waals surface area contributed by atoms with Gasteiger partial charge in [-0.25, -0.2) is 13.2 Å². The summed E-state index contributed by atoms with van der Waals surface area (Å²) in [6, 6.07) is 0. The van der Waals surface area contributed by atoms with Crippen molar-refractivity contribution in [2.45, 2.75) is 33.6 Å². The van der Waals surface area contributed by atoms with Crippen LogP contribution >= 0.6 is 0 Å². The fourth-order valence-corrected chi connectivity index (χ4v) is 2.41. The molecular formula is C28H34F4O. The third-order valence-corrected chi connectivity index (χ3v) is 4.85. The van der Waals surface area contributed by atoms with Gasteiger partial charge in [0, 0.05) is 11.1 Å². The Morgan fingerprint density at radius 1 is 0.727 bits per heavy atom. The fraction of sp³-hybridized carbons (Fsp3) is 0.286. The maximum absolute atomic E-state index is 14.6. The first-order valence-corrected chi connectivity index (χ1v) is 10.4. The van der Waals surface area contributed by atoms with E-state index < -0.39 is 29.1 Å². The summed E-state index contributed by atoms with van der Waals surface area (Å²) in [6.45, 7) is 30.4. The van der Waals surface area contributed by atoms with Crippen LogP contribution in [0.1, 0.15) is 33.6 Å². The van der Waals surface area contributed by atoms with E-state index in [1.54, 1.807) is 6.92 Å². The maximum Gasteiger partial charge on any atom is 0.200 e. The van der Waals surface area contributed by atoms with Gasteiger partial charge in [-0.1, -0.05) is 91.5 Å². The molecule has 0 radical (unpaired) electrons. The predicted molar refractivity (Wildman–Crippen MR) is 132 cm³/mol. The maximum atomic E-state index is 14.6. The molecule has 0 amide bonds. The lowest BCUT2D eigenvalue weighted by Crippen LogP contribution is -2.03. The highest BCUT2D eigenvalue weighted by Gasteiger charge is 2.19. The Balaban J connectivity index is 5.36. The summed E-state index contributed by atoms with van der Waals surface area (Å²) in [5, 5.41) is 0. The zero-order chi connectivity index (χ0) is 25.9. The van der Waals surface area contributed by atoms with E-state index in [-0.39, 0.29) is 40.4 Å². The highest BCUT2D eigenvalue weighted by molar-refractivity contribution is 5.54. The summed E-state index contributed by atoms with van der Waals surface area (Å²) in [7, 11) is 0. The Labute approximate surface area is 195 Å². The molecule has 0 rings (SSSR count). The van der Waals surface area contributed by atoms with Gasteiger partial charge in [-0.2, -0.15) is 4.39 Å². The normalized spacial score (nSPS) is 13.7. The molecule has 0 heterocycles. The summed E-state index contributed by atoms with van der Waals surface area (Å²) >= 11 is 0. The van der Waals surface area contributed by atoms with Crippen molar-refractivity contribution in [2.24, 2.45) is 11.8 Å². The zero-order valence-corrected chi connectivity index (χ0v) is 19.9. The predicted octanol–water partition coefficient (Wildman–Crippen LogP) is 9.41. The quantitative estimate of drug-likeness (QED) is 0.102. The average Bonchev–Trinajstić information content (AvgIpc) is 2.80. The van der Waals surface area contributed by atoms with Gasteiger partial charge in [0.25, 0.3) is 0 Å². The van der Waals surface area contributed by atoms with Gasteiger partial charge in [-0.15, -0.1) is 0 Å². The van der Waals surface area contributed by atoms with Gasteiger partial charge in [0.2, 0.25) is 5.83 Å². The van der Waals surface area contributed by atoms with E-state index in [1.807, 2.05) is 13.8 Å². The number of hydrogen-bond acceptors (Lipinski definition) is 1. The molecule has 1 nitrogen and oxygen atoms in total. The van der Waals surface area contributed by atoms with E-state index in [0.717, 1.165) is 6.42 Å². The molecule has 180 valence electrons. The molecule has 0 aromatic carbocycles. The van der Waals surface area contributed by atoms with Gasteiger partial charge in [0.15, 0.2) is 23.2 Å².